The summed E-state index contributed by atoms with van der Waals surface area (Å²) in [4.78, 5) is 24.5. The number of nitrogens with zero attached hydrogens (tertiary/aromatic N) is 2. The summed E-state index contributed by atoms with van der Waals surface area (Å²) in [6.07, 6.45) is 1.18. The first-order valence-electron chi connectivity index (χ1n) is 5.72. The van der Waals surface area contributed by atoms with Gasteiger partial charge in [-0.2, -0.15) is 5.26 Å². The highest BCUT2D eigenvalue weighted by atomic mass is 79.9. The highest BCUT2D eigenvalue weighted by Gasteiger charge is 2.30. The first-order chi connectivity index (χ1) is 9.56. The smallest absolute Gasteiger partial charge is 0.277 e. The van der Waals surface area contributed by atoms with Crippen molar-refractivity contribution >= 4 is 33.4 Å². The monoisotopic (exact) mass is 335 g/mol. The van der Waals surface area contributed by atoms with Crippen molar-refractivity contribution in [1.29, 1.82) is 5.26 Å². The van der Waals surface area contributed by atoms with Gasteiger partial charge in [0.15, 0.2) is 0 Å². The van der Waals surface area contributed by atoms with Crippen molar-refractivity contribution in [3.63, 3.8) is 0 Å². The lowest BCUT2D eigenvalue weighted by molar-refractivity contribution is -0.137. The summed E-state index contributed by atoms with van der Waals surface area (Å²) in [7, 11) is 0. The number of amides is 2. The van der Waals surface area contributed by atoms with Crippen LogP contribution >= 0.6 is 15.9 Å². The van der Waals surface area contributed by atoms with E-state index < -0.39 is 11.8 Å². The molecule has 102 valence electrons. The Morgan fingerprint density at radius 1 is 1.40 bits per heavy atom. The molecular formula is C13H10BrN3O3. The van der Waals surface area contributed by atoms with E-state index in [2.05, 4.69) is 21.2 Å². The lowest BCUT2D eigenvalue weighted by Crippen LogP contribution is -2.34. The lowest BCUT2D eigenvalue weighted by Gasteiger charge is -2.14. The summed E-state index contributed by atoms with van der Waals surface area (Å²) in [5.41, 5.74) is 1.18. The molecule has 0 radical (unpaired) electrons. The largest absolute Gasteiger partial charge is 0.395 e. The molecule has 2 rings (SSSR count). The standard InChI is InChI=1S/C13H10BrN3O3/c14-9-5-8(7-15)1-2-10(9)16-11-6-12(19)17(3-4-18)13(11)20/h1-2,5-6,16,18H,3-4H2. The van der Waals surface area contributed by atoms with Crippen molar-refractivity contribution in [2.75, 3.05) is 18.5 Å². The van der Waals surface area contributed by atoms with Crippen LogP contribution in [-0.2, 0) is 9.59 Å². The van der Waals surface area contributed by atoms with E-state index in [0.717, 1.165) is 4.90 Å². The Morgan fingerprint density at radius 2 is 2.15 bits per heavy atom. The fourth-order valence-electron chi connectivity index (χ4n) is 1.74. The van der Waals surface area contributed by atoms with E-state index in [1.54, 1.807) is 18.2 Å². The summed E-state index contributed by atoms with van der Waals surface area (Å²) in [6.45, 7) is -0.312. The fourth-order valence-corrected chi connectivity index (χ4v) is 2.22. The molecule has 2 amide bonds. The molecule has 0 saturated carbocycles. The molecule has 0 aromatic heterocycles. The summed E-state index contributed by atoms with van der Waals surface area (Å²) >= 11 is 3.29. The van der Waals surface area contributed by atoms with Gasteiger partial charge in [-0.3, -0.25) is 14.5 Å². The van der Waals surface area contributed by atoms with E-state index in [0.29, 0.717) is 15.7 Å². The van der Waals surface area contributed by atoms with E-state index in [1.165, 1.54) is 6.08 Å². The van der Waals surface area contributed by atoms with Gasteiger partial charge in [0.25, 0.3) is 11.8 Å². The maximum Gasteiger partial charge on any atom is 0.277 e. The van der Waals surface area contributed by atoms with Crippen LogP contribution in [-0.4, -0.2) is 35.0 Å². The van der Waals surface area contributed by atoms with E-state index in [1.807, 2.05) is 6.07 Å². The van der Waals surface area contributed by atoms with E-state index >= 15 is 0 Å². The van der Waals surface area contributed by atoms with Crippen molar-refractivity contribution in [3.05, 3.63) is 40.0 Å². The molecule has 6 nitrogen and oxygen atoms in total. The Hall–Kier alpha value is -2.17. The number of hydrogen-bond donors (Lipinski definition) is 2. The zero-order valence-electron chi connectivity index (χ0n) is 10.3. The van der Waals surface area contributed by atoms with E-state index in [4.69, 9.17) is 10.4 Å². The quantitative estimate of drug-likeness (QED) is 0.800. The van der Waals surface area contributed by atoms with Gasteiger partial charge >= 0.3 is 0 Å². The SMILES string of the molecule is N#Cc1ccc(NC2=CC(=O)N(CCO)C2=O)c(Br)c1. The summed E-state index contributed by atoms with van der Waals surface area (Å²) < 4.78 is 0.610. The van der Waals surface area contributed by atoms with Gasteiger partial charge < -0.3 is 10.4 Å². The molecular weight excluding hydrogens is 326 g/mol. The molecule has 0 spiro atoms. The van der Waals surface area contributed by atoms with Crippen LogP contribution in [0.4, 0.5) is 5.69 Å². The number of aliphatic hydroxyl groups excluding tert-OH is 1. The van der Waals surface area contributed by atoms with Gasteiger partial charge in [0.05, 0.1) is 30.5 Å². The second-order valence-corrected chi connectivity index (χ2v) is 4.86. The molecule has 2 N–H and O–H groups in total. The van der Waals surface area contributed by atoms with Crippen LogP contribution in [0.5, 0.6) is 0 Å². The Kier molecular flexibility index (Phi) is 4.17. The number of nitrogens with one attached hydrogen (secondary N) is 1. The van der Waals surface area contributed by atoms with Gasteiger partial charge in [-0.05, 0) is 34.1 Å². The topological polar surface area (TPSA) is 93.4 Å². The Balaban J connectivity index is 2.19. The second kappa shape index (κ2) is 5.86. The number of benzene rings is 1. The van der Waals surface area contributed by atoms with Gasteiger partial charge in [0, 0.05) is 10.5 Å². The number of halogens is 1. The average molecular weight is 336 g/mol. The molecule has 1 aliphatic rings. The van der Waals surface area contributed by atoms with Gasteiger partial charge in [-0.15, -0.1) is 0 Å². The Labute approximate surface area is 123 Å². The van der Waals surface area contributed by atoms with Crippen LogP contribution in [0.25, 0.3) is 0 Å². The highest BCUT2D eigenvalue weighted by Crippen LogP contribution is 2.26. The molecule has 0 saturated heterocycles. The third-order valence-electron chi connectivity index (χ3n) is 2.70. The molecule has 20 heavy (non-hydrogen) atoms. The molecule has 0 fully saturated rings. The van der Waals surface area contributed by atoms with Gasteiger partial charge in [-0.1, -0.05) is 0 Å². The normalized spacial score (nSPS) is 14.2. The lowest BCUT2D eigenvalue weighted by atomic mass is 10.2. The zero-order valence-corrected chi connectivity index (χ0v) is 11.8. The first-order valence-corrected chi connectivity index (χ1v) is 6.51. The molecule has 1 aliphatic heterocycles. The summed E-state index contributed by atoms with van der Waals surface area (Å²) in [5.74, 6) is -0.948. The van der Waals surface area contributed by atoms with E-state index in [9.17, 15) is 9.59 Å². The van der Waals surface area contributed by atoms with Crippen LogP contribution in [0.15, 0.2) is 34.4 Å². The van der Waals surface area contributed by atoms with Crippen molar-refractivity contribution < 1.29 is 14.7 Å². The molecule has 7 heteroatoms. The Morgan fingerprint density at radius 3 is 2.75 bits per heavy atom. The summed E-state index contributed by atoms with van der Waals surface area (Å²) in [5, 5.41) is 20.4. The minimum Gasteiger partial charge on any atom is -0.395 e. The number of anilines is 1. The maximum absolute atomic E-state index is 11.9. The molecule has 0 unspecified atom stereocenters. The first kappa shape index (κ1) is 14.2. The predicted octanol–water partition coefficient (Wildman–Crippen LogP) is 0.978. The maximum atomic E-state index is 11.9. The van der Waals surface area contributed by atoms with Gasteiger partial charge in [0.2, 0.25) is 0 Å². The van der Waals surface area contributed by atoms with Crippen LogP contribution in [0, 0.1) is 11.3 Å². The predicted molar refractivity (Wildman–Crippen MR) is 74.4 cm³/mol. The number of aliphatic hydroxyl groups is 1. The van der Waals surface area contributed by atoms with Crippen LogP contribution in [0.3, 0.4) is 0 Å². The van der Waals surface area contributed by atoms with Crippen molar-refractivity contribution in [2.45, 2.75) is 0 Å². The van der Waals surface area contributed by atoms with Gasteiger partial charge in [0.1, 0.15) is 5.70 Å². The Bertz CT molecular complexity index is 649. The van der Waals surface area contributed by atoms with Gasteiger partial charge in [-0.25, -0.2) is 0 Å². The number of nitriles is 1. The number of carbonyl (C=O) groups excluding carboxylic acids is 2. The molecule has 0 bridgehead atoms. The molecule has 1 aromatic rings. The molecule has 1 heterocycles. The third-order valence-corrected chi connectivity index (χ3v) is 3.36. The number of hydrogen-bond acceptors (Lipinski definition) is 5. The number of imide groups is 1. The van der Waals surface area contributed by atoms with Crippen molar-refractivity contribution in [2.24, 2.45) is 0 Å². The van der Waals surface area contributed by atoms with E-state index in [-0.39, 0.29) is 18.8 Å². The third kappa shape index (κ3) is 2.71. The number of rotatable bonds is 4. The average Bonchev–Trinajstić information content (AvgIpc) is 2.69. The van der Waals surface area contributed by atoms with Crippen LogP contribution in [0.2, 0.25) is 0 Å². The number of carbonyl (C=O) groups is 2. The molecule has 0 atom stereocenters. The minimum absolute atomic E-state index is 0.0338. The molecule has 0 aliphatic carbocycles. The zero-order chi connectivity index (χ0) is 14.7. The second-order valence-electron chi connectivity index (χ2n) is 4.01. The number of β-amino-alcohol motifs (C(OH)–C–C–N with tert-alkyl or cyclic N) is 1. The van der Waals surface area contributed by atoms with Crippen molar-refractivity contribution in [3.8, 4) is 6.07 Å². The summed E-state index contributed by atoms with van der Waals surface area (Å²) in [6, 6.07) is 6.84. The van der Waals surface area contributed by atoms with Crippen LogP contribution in [0.1, 0.15) is 5.56 Å². The van der Waals surface area contributed by atoms with Crippen molar-refractivity contribution in [1.82, 2.24) is 4.90 Å². The highest BCUT2D eigenvalue weighted by molar-refractivity contribution is 9.10. The fraction of sp³-hybridized carbons (Fsp3) is 0.154. The van der Waals surface area contributed by atoms with Crippen LogP contribution < -0.4 is 5.32 Å². The minimum atomic E-state index is -0.486. The molecule has 1 aromatic carbocycles.